The van der Waals surface area contributed by atoms with Crippen molar-refractivity contribution in [2.75, 3.05) is 7.11 Å². The molecule has 140 valence electrons. The molecule has 0 spiro atoms. The van der Waals surface area contributed by atoms with Crippen molar-refractivity contribution in [3.63, 3.8) is 0 Å². The van der Waals surface area contributed by atoms with E-state index in [2.05, 4.69) is 0 Å². The molecule has 5 nitrogen and oxygen atoms in total. The number of thiophene rings is 1. The molecule has 0 saturated carbocycles. The Kier molecular flexibility index (Phi) is 5.06. The zero-order valence-electron chi connectivity index (χ0n) is 15.2. The highest BCUT2D eigenvalue weighted by Crippen LogP contribution is 2.36. The number of carbonyl (C=O) groups is 1. The summed E-state index contributed by atoms with van der Waals surface area (Å²) in [7, 11) is 1.37. The van der Waals surface area contributed by atoms with E-state index in [0.717, 1.165) is 35.0 Å². The van der Waals surface area contributed by atoms with Crippen molar-refractivity contribution < 1.29 is 9.53 Å². The number of hydrogen-bond acceptors (Lipinski definition) is 6. The van der Waals surface area contributed by atoms with E-state index in [0.29, 0.717) is 11.7 Å². The number of carbonyl (C=O) groups excluding carboxylic acids is 1. The van der Waals surface area contributed by atoms with Gasteiger partial charge in [0.15, 0.2) is 5.16 Å². The summed E-state index contributed by atoms with van der Waals surface area (Å²) in [6, 6.07) is 9.85. The summed E-state index contributed by atoms with van der Waals surface area (Å²) < 4.78 is 6.54. The number of esters is 1. The molecule has 1 aliphatic carbocycles. The number of hydrogen-bond donors (Lipinski definition) is 0. The third-order valence-corrected chi connectivity index (χ3v) is 7.04. The van der Waals surface area contributed by atoms with Crippen LogP contribution in [-0.2, 0) is 28.9 Å². The molecule has 0 aliphatic heterocycles. The van der Waals surface area contributed by atoms with Crippen molar-refractivity contribution in [1.82, 2.24) is 9.55 Å². The number of nitrogens with zero attached hydrogens (tertiary/aromatic N) is 2. The molecule has 1 atom stereocenters. The Morgan fingerprint density at radius 3 is 2.85 bits per heavy atom. The lowest BCUT2D eigenvalue weighted by atomic mass is 10.2. The minimum atomic E-state index is -0.437. The first-order valence-corrected chi connectivity index (χ1v) is 10.6. The van der Waals surface area contributed by atoms with Crippen LogP contribution in [0.2, 0.25) is 0 Å². The van der Waals surface area contributed by atoms with Crippen LogP contribution < -0.4 is 5.56 Å². The summed E-state index contributed by atoms with van der Waals surface area (Å²) in [4.78, 5) is 32.1. The average molecular weight is 401 g/mol. The average Bonchev–Trinajstić information content (AvgIpc) is 3.25. The van der Waals surface area contributed by atoms with Crippen LogP contribution in [0, 0.1) is 0 Å². The second-order valence-electron chi connectivity index (χ2n) is 6.59. The van der Waals surface area contributed by atoms with Crippen LogP contribution in [0.5, 0.6) is 0 Å². The van der Waals surface area contributed by atoms with Gasteiger partial charge in [-0.25, -0.2) is 4.98 Å². The Labute approximate surface area is 165 Å². The van der Waals surface area contributed by atoms with Crippen LogP contribution in [0.4, 0.5) is 0 Å². The number of methoxy groups -OCH3 is 1. The molecule has 0 fully saturated rings. The van der Waals surface area contributed by atoms with Gasteiger partial charge in [0.1, 0.15) is 10.1 Å². The minimum absolute atomic E-state index is 0.0113. The SMILES string of the molecule is COC(=O)[C@H](C)Sc1nc2sc3c(c2c(=O)n1Cc1ccccc1)CCC3. The smallest absolute Gasteiger partial charge is 0.318 e. The largest absolute Gasteiger partial charge is 0.468 e. The maximum atomic E-state index is 13.4. The third-order valence-electron chi connectivity index (χ3n) is 4.79. The summed E-state index contributed by atoms with van der Waals surface area (Å²) in [6.07, 6.45) is 3.07. The van der Waals surface area contributed by atoms with Crippen LogP contribution >= 0.6 is 23.1 Å². The highest BCUT2D eigenvalue weighted by atomic mass is 32.2. The predicted octanol–water partition coefficient (Wildman–Crippen LogP) is 3.65. The highest BCUT2D eigenvalue weighted by molar-refractivity contribution is 8.00. The lowest BCUT2D eigenvalue weighted by Crippen LogP contribution is -2.25. The van der Waals surface area contributed by atoms with E-state index in [4.69, 9.17) is 9.72 Å². The lowest BCUT2D eigenvalue weighted by molar-refractivity contribution is -0.139. The van der Waals surface area contributed by atoms with Crippen molar-refractivity contribution >= 4 is 39.3 Å². The van der Waals surface area contributed by atoms with E-state index in [1.54, 1.807) is 22.8 Å². The normalized spacial score (nSPS) is 14.3. The summed E-state index contributed by atoms with van der Waals surface area (Å²) in [5, 5.41) is 0.890. The standard InChI is InChI=1S/C20H20N2O3S2/c1-12(19(24)25-2)26-20-21-17-16(14-9-6-10-15(14)27-17)18(23)22(20)11-13-7-4-3-5-8-13/h3-5,7-8,12H,6,9-11H2,1-2H3/t12-/m0/s1. The molecule has 2 aromatic heterocycles. The minimum Gasteiger partial charge on any atom is -0.468 e. The molecular formula is C20H20N2O3S2. The molecule has 2 heterocycles. The van der Waals surface area contributed by atoms with Crippen molar-refractivity contribution in [2.45, 2.75) is 43.1 Å². The zero-order valence-corrected chi connectivity index (χ0v) is 16.9. The first kappa shape index (κ1) is 18.3. The first-order valence-electron chi connectivity index (χ1n) is 8.92. The molecular weight excluding hydrogens is 380 g/mol. The quantitative estimate of drug-likeness (QED) is 0.372. The van der Waals surface area contributed by atoms with E-state index in [1.165, 1.54) is 29.3 Å². The van der Waals surface area contributed by atoms with E-state index >= 15 is 0 Å². The molecule has 4 rings (SSSR count). The molecule has 0 saturated heterocycles. The van der Waals surface area contributed by atoms with Gasteiger partial charge in [-0.15, -0.1) is 11.3 Å². The van der Waals surface area contributed by atoms with Gasteiger partial charge in [0.05, 0.1) is 19.0 Å². The monoisotopic (exact) mass is 400 g/mol. The number of aromatic nitrogens is 2. The topological polar surface area (TPSA) is 61.2 Å². The molecule has 7 heteroatoms. The molecule has 0 amide bonds. The molecule has 3 aromatic rings. The maximum Gasteiger partial charge on any atom is 0.318 e. The second kappa shape index (κ2) is 7.48. The Balaban J connectivity index is 1.85. The van der Waals surface area contributed by atoms with Gasteiger partial charge in [-0.1, -0.05) is 42.1 Å². The van der Waals surface area contributed by atoms with Crippen LogP contribution in [0.25, 0.3) is 10.2 Å². The third kappa shape index (κ3) is 3.41. The number of rotatable bonds is 5. The Morgan fingerprint density at radius 1 is 1.33 bits per heavy atom. The first-order chi connectivity index (χ1) is 13.1. The van der Waals surface area contributed by atoms with Gasteiger partial charge in [0.2, 0.25) is 0 Å². The molecule has 1 aromatic carbocycles. The van der Waals surface area contributed by atoms with Crippen LogP contribution in [0.15, 0.2) is 40.3 Å². The summed E-state index contributed by atoms with van der Waals surface area (Å²) >= 11 is 2.89. The summed E-state index contributed by atoms with van der Waals surface area (Å²) in [5.41, 5.74) is 2.19. The van der Waals surface area contributed by atoms with E-state index in [9.17, 15) is 9.59 Å². The summed E-state index contributed by atoms with van der Waals surface area (Å²) in [5.74, 6) is -0.325. The summed E-state index contributed by atoms with van der Waals surface area (Å²) in [6.45, 7) is 2.21. The van der Waals surface area contributed by atoms with E-state index in [1.807, 2.05) is 30.3 Å². The van der Waals surface area contributed by atoms with Gasteiger partial charge in [-0.2, -0.15) is 0 Å². The molecule has 1 aliphatic rings. The molecule has 27 heavy (non-hydrogen) atoms. The predicted molar refractivity (Wildman–Crippen MR) is 109 cm³/mol. The fourth-order valence-corrected chi connectivity index (χ4v) is 5.66. The van der Waals surface area contributed by atoms with Gasteiger partial charge >= 0.3 is 5.97 Å². The lowest BCUT2D eigenvalue weighted by Gasteiger charge is -2.15. The fraction of sp³-hybridized carbons (Fsp3) is 0.350. The van der Waals surface area contributed by atoms with Gasteiger partial charge in [-0.3, -0.25) is 14.2 Å². The van der Waals surface area contributed by atoms with E-state index in [-0.39, 0.29) is 11.5 Å². The second-order valence-corrected chi connectivity index (χ2v) is 8.98. The highest BCUT2D eigenvalue weighted by Gasteiger charge is 2.25. The van der Waals surface area contributed by atoms with Crippen LogP contribution in [-0.4, -0.2) is 27.9 Å². The number of benzene rings is 1. The van der Waals surface area contributed by atoms with Gasteiger partial charge in [0.25, 0.3) is 5.56 Å². The van der Waals surface area contributed by atoms with Gasteiger partial charge < -0.3 is 4.74 Å². The van der Waals surface area contributed by atoms with Crippen molar-refractivity contribution in [3.8, 4) is 0 Å². The van der Waals surface area contributed by atoms with Crippen molar-refractivity contribution in [2.24, 2.45) is 0 Å². The molecule has 0 bridgehead atoms. The Morgan fingerprint density at radius 2 is 2.11 bits per heavy atom. The maximum absolute atomic E-state index is 13.4. The van der Waals surface area contributed by atoms with Gasteiger partial charge in [-0.05, 0) is 37.3 Å². The Hall–Kier alpha value is -2.12. The molecule has 0 N–H and O–H groups in total. The number of fused-ring (bicyclic) bond motifs is 3. The van der Waals surface area contributed by atoms with Crippen molar-refractivity contribution in [3.05, 3.63) is 56.7 Å². The Bertz CT molecular complexity index is 1060. The van der Waals surface area contributed by atoms with Crippen LogP contribution in [0.3, 0.4) is 0 Å². The number of ether oxygens (including phenoxy) is 1. The van der Waals surface area contributed by atoms with E-state index < -0.39 is 5.25 Å². The molecule has 0 unspecified atom stereocenters. The van der Waals surface area contributed by atoms with Gasteiger partial charge in [0, 0.05) is 4.88 Å². The van der Waals surface area contributed by atoms with Crippen LogP contribution in [0.1, 0.15) is 29.3 Å². The number of thioether (sulfide) groups is 1. The zero-order chi connectivity index (χ0) is 19.0. The van der Waals surface area contributed by atoms with Crippen molar-refractivity contribution in [1.29, 1.82) is 0 Å². The molecule has 0 radical (unpaired) electrons. The number of aryl methyl sites for hydroxylation is 2. The fourth-order valence-electron chi connectivity index (χ4n) is 3.43.